The van der Waals surface area contributed by atoms with Crippen molar-refractivity contribution in [3.05, 3.63) is 29.3 Å². The quantitative estimate of drug-likeness (QED) is 0.914. The number of rotatable bonds is 4. The molecule has 0 fully saturated rings. The number of hydrogen-bond acceptors (Lipinski definition) is 3. The average Bonchev–Trinajstić information content (AvgIpc) is 2.19. The summed E-state index contributed by atoms with van der Waals surface area (Å²) in [5.74, 6) is 0.157. The molecule has 18 heavy (non-hydrogen) atoms. The van der Waals surface area contributed by atoms with Gasteiger partial charge in [-0.2, -0.15) is 0 Å². The van der Waals surface area contributed by atoms with Crippen molar-refractivity contribution < 1.29 is 8.42 Å². The van der Waals surface area contributed by atoms with Gasteiger partial charge in [0.2, 0.25) is 0 Å². The van der Waals surface area contributed by atoms with Gasteiger partial charge in [-0.05, 0) is 46.2 Å². The monoisotopic (exact) mass is 269 g/mol. The predicted molar refractivity (Wildman–Crippen MR) is 77.9 cm³/mol. The van der Waals surface area contributed by atoms with Gasteiger partial charge in [0.05, 0.1) is 10.5 Å². The Morgan fingerprint density at radius 1 is 1.17 bits per heavy atom. The summed E-state index contributed by atoms with van der Waals surface area (Å²) in [6, 6.07) is 6.10. The minimum Gasteiger partial charge on any atom is -0.384 e. The highest BCUT2D eigenvalue weighted by molar-refractivity contribution is 7.92. The summed E-state index contributed by atoms with van der Waals surface area (Å²) in [7, 11) is -3.05. The van der Waals surface area contributed by atoms with Gasteiger partial charge < -0.3 is 5.32 Å². The lowest BCUT2D eigenvalue weighted by molar-refractivity contribution is 0.560. The van der Waals surface area contributed by atoms with E-state index in [4.69, 9.17) is 0 Å². The lowest BCUT2D eigenvalue weighted by atomic mass is 10.1. The highest BCUT2D eigenvalue weighted by atomic mass is 32.2. The zero-order valence-electron chi connectivity index (χ0n) is 11.9. The summed E-state index contributed by atoms with van der Waals surface area (Å²) < 4.78 is 23.2. The summed E-state index contributed by atoms with van der Waals surface area (Å²) in [6.45, 7) is 9.72. The number of benzene rings is 1. The fourth-order valence-electron chi connectivity index (χ4n) is 1.64. The van der Waals surface area contributed by atoms with Gasteiger partial charge >= 0.3 is 0 Å². The zero-order chi connectivity index (χ0) is 14.0. The number of nitrogens with one attached hydrogen (secondary N) is 1. The summed E-state index contributed by atoms with van der Waals surface area (Å²) in [5, 5.41) is 3.19. The van der Waals surface area contributed by atoms with Crippen molar-refractivity contribution in [2.24, 2.45) is 0 Å². The molecule has 0 aliphatic heterocycles. The first-order valence-corrected chi connectivity index (χ1v) is 7.82. The molecule has 1 rings (SSSR count). The fourth-order valence-corrected chi connectivity index (χ4v) is 2.62. The second-order valence-electron chi connectivity index (χ2n) is 5.68. The minimum absolute atomic E-state index is 0.157. The van der Waals surface area contributed by atoms with Crippen LogP contribution in [0.3, 0.4) is 0 Å². The lowest BCUT2D eigenvalue weighted by Gasteiger charge is -2.19. The minimum atomic E-state index is -3.05. The van der Waals surface area contributed by atoms with Crippen LogP contribution in [0.2, 0.25) is 0 Å². The Morgan fingerprint density at radius 2 is 1.78 bits per heavy atom. The second-order valence-corrected chi connectivity index (χ2v) is 8.54. The topological polar surface area (TPSA) is 46.2 Å². The van der Waals surface area contributed by atoms with Gasteiger partial charge in [-0.3, -0.25) is 0 Å². The molecule has 102 valence electrons. The maximum atomic E-state index is 11.9. The number of aryl methyl sites for hydroxylation is 2. The molecule has 0 aliphatic carbocycles. The number of hydrogen-bond donors (Lipinski definition) is 1. The number of sulfone groups is 1. The summed E-state index contributed by atoms with van der Waals surface area (Å²) in [6.07, 6.45) is 0. The Hall–Kier alpha value is -1.03. The van der Waals surface area contributed by atoms with E-state index in [0.717, 1.165) is 11.3 Å². The van der Waals surface area contributed by atoms with E-state index in [1.807, 2.05) is 26.0 Å². The molecule has 0 aromatic heterocycles. The molecule has 0 heterocycles. The SMILES string of the molecule is Cc1ccc(NCCS(=O)(=O)C(C)(C)C)c(C)c1. The second kappa shape index (κ2) is 5.31. The first-order valence-electron chi connectivity index (χ1n) is 6.17. The summed E-state index contributed by atoms with van der Waals surface area (Å²) in [5.41, 5.74) is 3.35. The van der Waals surface area contributed by atoms with Crippen molar-refractivity contribution in [1.82, 2.24) is 0 Å². The molecule has 0 saturated heterocycles. The van der Waals surface area contributed by atoms with E-state index in [-0.39, 0.29) is 5.75 Å². The average molecular weight is 269 g/mol. The molecule has 0 bridgehead atoms. The van der Waals surface area contributed by atoms with E-state index in [9.17, 15) is 8.42 Å². The van der Waals surface area contributed by atoms with Crippen LogP contribution in [-0.4, -0.2) is 25.5 Å². The Balaban J connectivity index is 2.63. The van der Waals surface area contributed by atoms with Crippen molar-refractivity contribution in [1.29, 1.82) is 0 Å². The normalized spacial score (nSPS) is 12.5. The molecule has 0 atom stereocenters. The highest BCUT2D eigenvalue weighted by Crippen LogP contribution is 2.18. The summed E-state index contributed by atoms with van der Waals surface area (Å²) >= 11 is 0. The van der Waals surface area contributed by atoms with Gasteiger partial charge in [0, 0.05) is 12.2 Å². The van der Waals surface area contributed by atoms with E-state index >= 15 is 0 Å². The molecule has 0 unspecified atom stereocenters. The van der Waals surface area contributed by atoms with E-state index in [2.05, 4.69) is 11.4 Å². The van der Waals surface area contributed by atoms with Crippen LogP contribution < -0.4 is 5.32 Å². The Labute approximate surface area is 111 Å². The summed E-state index contributed by atoms with van der Waals surface area (Å²) in [4.78, 5) is 0. The van der Waals surface area contributed by atoms with Crippen LogP contribution >= 0.6 is 0 Å². The molecular weight excluding hydrogens is 246 g/mol. The van der Waals surface area contributed by atoms with Gasteiger partial charge in [0.1, 0.15) is 0 Å². The van der Waals surface area contributed by atoms with Crippen LogP contribution in [-0.2, 0) is 9.84 Å². The largest absolute Gasteiger partial charge is 0.384 e. The van der Waals surface area contributed by atoms with Crippen molar-refractivity contribution >= 4 is 15.5 Å². The third-order valence-electron chi connectivity index (χ3n) is 3.00. The predicted octanol–water partition coefficient (Wildman–Crippen LogP) is 2.93. The first-order chi connectivity index (χ1) is 8.13. The van der Waals surface area contributed by atoms with Crippen LogP contribution in [0.15, 0.2) is 18.2 Å². The van der Waals surface area contributed by atoms with E-state index in [1.165, 1.54) is 5.56 Å². The maximum Gasteiger partial charge on any atom is 0.156 e. The third kappa shape index (κ3) is 3.73. The van der Waals surface area contributed by atoms with Crippen LogP contribution in [0, 0.1) is 13.8 Å². The third-order valence-corrected chi connectivity index (χ3v) is 5.61. The highest BCUT2D eigenvalue weighted by Gasteiger charge is 2.28. The fraction of sp³-hybridized carbons (Fsp3) is 0.571. The zero-order valence-corrected chi connectivity index (χ0v) is 12.7. The molecule has 1 N–H and O–H groups in total. The van der Waals surface area contributed by atoms with Crippen molar-refractivity contribution in [2.45, 2.75) is 39.4 Å². The maximum absolute atomic E-state index is 11.9. The molecule has 0 spiro atoms. The Morgan fingerprint density at radius 3 is 2.28 bits per heavy atom. The van der Waals surface area contributed by atoms with E-state index in [0.29, 0.717) is 6.54 Å². The van der Waals surface area contributed by atoms with Crippen LogP contribution in [0.4, 0.5) is 5.69 Å². The molecule has 3 nitrogen and oxygen atoms in total. The number of anilines is 1. The molecule has 0 saturated carbocycles. The lowest BCUT2D eigenvalue weighted by Crippen LogP contribution is -2.32. The molecule has 0 amide bonds. The van der Waals surface area contributed by atoms with Crippen molar-refractivity contribution in [3.8, 4) is 0 Å². The molecule has 4 heteroatoms. The van der Waals surface area contributed by atoms with Gasteiger partial charge in [0.15, 0.2) is 9.84 Å². The van der Waals surface area contributed by atoms with Crippen LogP contribution in [0.1, 0.15) is 31.9 Å². The van der Waals surface area contributed by atoms with Gasteiger partial charge in [0.25, 0.3) is 0 Å². The standard InChI is InChI=1S/C14H23NO2S/c1-11-6-7-13(12(2)10-11)15-8-9-18(16,17)14(3,4)5/h6-7,10,15H,8-9H2,1-5H3. The van der Waals surface area contributed by atoms with Gasteiger partial charge in [-0.1, -0.05) is 17.7 Å². The molecule has 1 aromatic carbocycles. The Bertz CT molecular complexity index is 513. The molecule has 0 aliphatic rings. The van der Waals surface area contributed by atoms with E-state index < -0.39 is 14.6 Å². The van der Waals surface area contributed by atoms with E-state index in [1.54, 1.807) is 20.8 Å². The molecule has 1 aromatic rings. The van der Waals surface area contributed by atoms with Gasteiger partial charge in [-0.15, -0.1) is 0 Å². The van der Waals surface area contributed by atoms with Crippen LogP contribution in [0.5, 0.6) is 0 Å². The first kappa shape index (κ1) is 15.0. The van der Waals surface area contributed by atoms with Gasteiger partial charge in [-0.25, -0.2) is 8.42 Å². The molecular formula is C14H23NO2S. The van der Waals surface area contributed by atoms with Crippen LogP contribution in [0.25, 0.3) is 0 Å². The van der Waals surface area contributed by atoms with Crippen molar-refractivity contribution in [3.63, 3.8) is 0 Å². The molecule has 0 radical (unpaired) electrons. The smallest absolute Gasteiger partial charge is 0.156 e. The van der Waals surface area contributed by atoms with Crippen molar-refractivity contribution in [2.75, 3.05) is 17.6 Å². The Kier molecular flexibility index (Phi) is 4.43.